The highest BCUT2D eigenvalue weighted by atomic mass is 14.8. The van der Waals surface area contributed by atoms with Gasteiger partial charge in [0.1, 0.15) is 0 Å². The third-order valence-electron chi connectivity index (χ3n) is 4.19. The molecule has 0 aliphatic heterocycles. The molecule has 126 valence electrons. The summed E-state index contributed by atoms with van der Waals surface area (Å²) in [6.07, 6.45) is 12.9. The van der Waals surface area contributed by atoms with E-state index in [4.69, 9.17) is 0 Å². The predicted octanol–water partition coefficient (Wildman–Crippen LogP) is 4.00. The van der Waals surface area contributed by atoms with Crippen molar-refractivity contribution in [2.75, 3.05) is 0 Å². The molecule has 0 aromatic heterocycles. The monoisotopic (exact) mass is 327 g/mol. The van der Waals surface area contributed by atoms with Gasteiger partial charge in [0.15, 0.2) is 6.04 Å². The zero-order valence-electron chi connectivity index (χ0n) is 14.9. The number of allylic oxidation sites excluding steroid dienone is 6. The molecule has 3 rings (SSSR count). The number of benzene rings is 2. The first-order valence-electron chi connectivity index (χ1n) is 8.93. The molecule has 0 saturated heterocycles. The highest BCUT2D eigenvalue weighted by Gasteiger charge is 2.16. The van der Waals surface area contributed by atoms with E-state index in [0.717, 1.165) is 17.7 Å². The SMILES string of the molecule is CC(C)[C-]=C1C=CC=CC1=[NH+]C(Cc1ccccc1)c1ccccc1. The minimum atomic E-state index is 0.221. The summed E-state index contributed by atoms with van der Waals surface area (Å²) < 4.78 is 0. The highest BCUT2D eigenvalue weighted by Crippen LogP contribution is 2.15. The molecule has 0 saturated carbocycles. The van der Waals surface area contributed by atoms with E-state index in [2.05, 4.69) is 110 Å². The van der Waals surface area contributed by atoms with Crippen molar-refractivity contribution in [1.82, 2.24) is 0 Å². The van der Waals surface area contributed by atoms with E-state index < -0.39 is 0 Å². The van der Waals surface area contributed by atoms with Gasteiger partial charge in [-0.3, -0.25) is 4.99 Å². The molecule has 2 aromatic rings. The Balaban J connectivity index is 1.96. The molecule has 1 aliphatic carbocycles. The number of hydrogen-bond acceptors (Lipinski definition) is 0. The van der Waals surface area contributed by atoms with Crippen molar-refractivity contribution in [3.8, 4) is 0 Å². The standard InChI is InChI=1S/C24H24N/c1-19(2)17-22-15-9-10-16-23(22)25-24(21-13-7-4-8-14-21)18-20-11-5-3-6-12-20/h3-16,19,24H,18H2,1-2H3/q-1/p+1. The fraction of sp³-hybridized carbons (Fsp3) is 0.208. The average molecular weight is 327 g/mol. The van der Waals surface area contributed by atoms with Gasteiger partial charge < -0.3 is 0 Å². The smallest absolute Gasteiger partial charge is 0.169 e. The summed E-state index contributed by atoms with van der Waals surface area (Å²) in [5.41, 5.74) is 4.91. The lowest BCUT2D eigenvalue weighted by Crippen LogP contribution is -2.75. The molecule has 1 atom stereocenters. The van der Waals surface area contributed by atoms with Crippen LogP contribution >= 0.6 is 0 Å². The molecule has 0 fully saturated rings. The molecule has 0 amide bonds. The molecule has 0 radical (unpaired) electrons. The quantitative estimate of drug-likeness (QED) is 0.798. The van der Waals surface area contributed by atoms with Crippen LogP contribution < -0.4 is 4.99 Å². The summed E-state index contributed by atoms with van der Waals surface area (Å²) in [6, 6.07) is 21.5. The number of hydrogen-bond donors (Lipinski definition) is 1. The molecule has 0 heterocycles. The Labute approximate surface area is 151 Å². The molecule has 1 N–H and O–H groups in total. The van der Waals surface area contributed by atoms with Gasteiger partial charge in [0.2, 0.25) is 0 Å². The Bertz CT molecular complexity index is 793. The summed E-state index contributed by atoms with van der Waals surface area (Å²) >= 11 is 0. The lowest BCUT2D eigenvalue weighted by molar-refractivity contribution is -0.508. The van der Waals surface area contributed by atoms with E-state index in [-0.39, 0.29) is 6.04 Å². The molecule has 0 spiro atoms. The molecule has 1 nitrogen and oxygen atoms in total. The minimum Gasteiger partial charge on any atom is -0.288 e. The Hall–Kier alpha value is -2.67. The number of nitrogens with one attached hydrogen (secondary N) is 1. The second-order valence-electron chi connectivity index (χ2n) is 6.64. The van der Waals surface area contributed by atoms with Crippen molar-refractivity contribution in [3.05, 3.63) is 108 Å². The van der Waals surface area contributed by atoms with Gasteiger partial charge in [-0.15, -0.1) is 11.6 Å². The fourth-order valence-electron chi connectivity index (χ4n) is 3.02. The van der Waals surface area contributed by atoms with Crippen LogP contribution in [0.2, 0.25) is 0 Å². The van der Waals surface area contributed by atoms with Crippen LogP contribution in [0, 0.1) is 12.0 Å². The average Bonchev–Trinajstić information content (AvgIpc) is 2.64. The van der Waals surface area contributed by atoms with Crippen molar-refractivity contribution >= 4 is 5.71 Å². The minimum absolute atomic E-state index is 0.221. The molecule has 2 aromatic carbocycles. The van der Waals surface area contributed by atoms with Gasteiger partial charge in [-0.25, -0.2) is 0 Å². The number of rotatable bonds is 5. The Morgan fingerprint density at radius 2 is 1.48 bits per heavy atom. The van der Waals surface area contributed by atoms with Crippen LogP contribution in [-0.4, -0.2) is 5.71 Å². The maximum Gasteiger partial charge on any atom is 0.169 e. The van der Waals surface area contributed by atoms with E-state index in [1.165, 1.54) is 11.1 Å². The van der Waals surface area contributed by atoms with Crippen LogP contribution in [0.25, 0.3) is 0 Å². The lowest BCUT2D eigenvalue weighted by Gasteiger charge is -2.17. The third kappa shape index (κ3) is 4.90. The van der Waals surface area contributed by atoms with Gasteiger partial charge in [0.25, 0.3) is 0 Å². The summed E-state index contributed by atoms with van der Waals surface area (Å²) in [7, 11) is 0. The molecule has 1 unspecified atom stereocenters. The molecule has 25 heavy (non-hydrogen) atoms. The fourth-order valence-corrected chi connectivity index (χ4v) is 3.02. The van der Waals surface area contributed by atoms with Gasteiger partial charge >= 0.3 is 0 Å². The van der Waals surface area contributed by atoms with Gasteiger partial charge in [0, 0.05) is 12.0 Å². The second-order valence-corrected chi connectivity index (χ2v) is 6.64. The van der Waals surface area contributed by atoms with Gasteiger partial charge in [-0.2, -0.15) is 12.2 Å². The second kappa shape index (κ2) is 8.43. The van der Waals surface area contributed by atoms with Crippen molar-refractivity contribution in [2.24, 2.45) is 5.92 Å². The summed E-state index contributed by atoms with van der Waals surface area (Å²) in [5.74, 6) is 0.396. The zero-order chi connectivity index (χ0) is 17.5. The maximum atomic E-state index is 3.76. The first-order chi connectivity index (χ1) is 12.2. The molecular weight excluding hydrogens is 302 g/mol. The summed E-state index contributed by atoms with van der Waals surface area (Å²) in [4.78, 5) is 3.76. The third-order valence-corrected chi connectivity index (χ3v) is 4.19. The van der Waals surface area contributed by atoms with E-state index >= 15 is 0 Å². The normalized spacial score (nSPS) is 18.2. The molecular formula is C24H25N. The van der Waals surface area contributed by atoms with Gasteiger partial charge in [-0.05, 0) is 11.6 Å². The van der Waals surface area contributed by atoms with Crippen LogP contribution in [0.1, 0.15) is 31.0 Å². The Morgan fingerprint density at radius 1 is 0.840 bits per heavy atom. The van der Waals surface area contributed by atoms with E-state index in [1.807, 2.05) is 0 Å². The van der Waals surface area contributed by atoms with Crippen molar-refractivity contribution in [2.45, 2.75) is 26.3 Å². The van der Waals surface area contributed by atoms with Gasteiger partial charge in [0.05, 0.1) is 5.71 Å². The van der Waals surface area contributed by atoms with Crippen LogP contribution in [0.15, 0.2) is 90.5 Å². The Morgan fingerprint density at radius 3 is 2.16 bits per heavy atom. The van der Waals surface area contributed by atoms with Crippen molar-refractivity contribution in [3.63, 3.8) is 0 Å². The van der Waals surface area contributed by atoms with Crippen LogP contribution in [-0.2, 0) is 6.42 Å². The van der Waals surface area contributed by atoms with E-state index in [1.54, 1.807) is 0 Å². The van der Waals surface area contributed by atoms with Crippen LogP contribution in [0.3, 0.4) is 0 Å². The largest absolute Gasteiger partial charge is 0.288 e. The lowest BCUT2D eigenvalue weighted by atomic mass is 9.97. The van der Waals surface area contributed by atoms with Crippen LogP contribution in [0.4, 0.5) is 0 Å². The highest BCUT2D eigenvalue weighted by molar-refractivity contribution is 6.07. The zero-order valence-corrected chi connectivity index (χ0v) is 14.9. The molecule has 0 bridgehead atoms. The topological polar surface area (TPSA) is 14.0 Å². The van der Waals surface area contributed by atoms with Crippen molar-refractivity contribution < 1.29 is 4.99 Å². The predicted molar refractivity (Wildman–Crippen MR) is 105 cm³/mol. The maximum absolute atomic E-state index is 3.76. The van der Waals surface area contributed by atoms with Crippen LogP contribution in [0.5, 0.6) is 0 Å². The molecule has 1 aliphatic rings. The van der Waals surface area contributed by atoms with Gasteiger partial charge in [-0.1, -0.05) is 86.5 Å². The van der Waals surface area contributed by atoms with E-state index in [9.17, 15) is 0 Å². The Kier molecular flexibility index (Phi) is 5.79. The summed E-state index contributed by atoms with van der Waals surface area (Å²) in [6.45, 7) is 4.32. The molecule has 1 heteroatoms. The van der Waals surface area contributed by atoms with Crippen molar-refractivity contribution in [1.29, 1.82) is 0 Å². The first-order valence-corrected chi connectivity index (χ1v) is 8.93. The summed E-state index contributed by atoms with van der Waals surface area (Å²) in [5, 5.41) is 0. The van der Waals surface area contributed by atoms with E-state index in [0.29, 0.717) is 5.92 Å². The first kappa shape index (κ1) is 17.2.